The number of rotatable bonds is 7. The third-order valence-corrected chi connectivity index (χ3v) is 7.15. The number of nitrogens with one attached hydrogen (secondary N) is 1. The lowest BCUT2D eigenvalue weighted by atomic mass is 9.97. The van der Waals surface area contributed by atoms with E-state index >= 15 is 0 Å². The van der Waals surface area contributed by atoms with Crippen molar-refractivity contribution in [2.45, 2.75) is 89.3 Å². The van der Waals surface area contributed by atoms with Crippen molar-refractivity contribution in [1.29, 1.82) is 0 Å². The number of aliphatic hydroxyl groups excluding tert-OH is 1. The van der Waals surface area contributed by atoms with Crippen LogP contribution in [0.2, 0.25) is 5.02 Å². The second-order valence-electron chi connectivity index (χ2n) is 9.21. The number of hydrogen-bond acceptors (Lipinski definition) is 4. The topological polar surface area (TPSA) is 58.6 Å². The summed E-state index contributed by atoms with van der Waals surface area (Å²) >= 11 is 5.64. The highest BCUT2D eigenvalue weighted by Gasteiger charge is 2.24. The van der Waals surface area contributed by atoms with Gasteiger partial charge in [-0.2, -0.15) is 0 Å². The molecule has 4 rings (SSSR count). The van der Waals surface area contributed by atoms with Crippen LogP contribution >= 0.6 is 11.6 Å². The average Bonchev–Trinajstić information content (AvgIpc) is 3.53. The van der Waals surface area contributed by atoms with Gasteiger partial charge in [-0.25, -0.2) is 4.39 Å². The van der Waals surface area contributed by atoms with E-state index in [-0.39, 0.29) is 17.2 Å². The van der Waals surface area contributed by atoms with E-state index in [1.54, 1.807) is 12.1 Å². The minimum absolute atomic E-state index is 0.0370. The summed E-state index contributed by atoms with van der Waals surface area (Å²) in [6.07, 6.45) is 15.7. The van der Waals surface area contributed by atoms with E-state index in [2.05, 4.69) is 5.32 Å². The molecule has 1 saturated heterocycles. The van der Waals surface area contributed by atoms with Gasteiger partial charge in [0, 0.05) is 13.5 Å². The molecule has 1 aromatic carbocycles. The van der Waals surface area contributed by atoms with E-state index in [0.717, 1.165) is 50.1 Å². The minimum atomic E-state index is -0.426. The quantitative estimate of drug-likeness (QED) is 0.464. The van der Waals surface area contributed by atoms with Crippen molar-refractivity contribution in [2.24, 2.45) is 11.8 Å². The van der Waals surface area contributed by atoms with Crippen molar-refractivity contribution < 1.29 is 19.0 Å². The zero-order chi connectivity index (χ0) is 23.2. The largest absolute Gasteiger partial charge is 0.400 e. The van der Waals surface area contributed by atoms with Crippen molar-refractivity contribution in [3.63, 3.8) is 0 Å². The molecule has 2 unspecified atom stereocenters. The first-order valence-electron chi connectivity index (χ1n) is 12.3. The first-order chi connectivity index (χ1) is 15.7. The van der Waals surface area contributed by atoms with Crippen molar-refractivity contribution >= 4 is 17.9 Å². The molecule has 2 aliphatic carbocycles. The van der Waals surface area contributed by atoms with Crippen molar-refractivity contribution in [2.75, 3.05) is 20.2 Å². The summed E-state index contributed by atoms with van der Waals surface area (Å²) in [6, 6.07) is 4.73. The summed E-state index contributed by atoms with van der Waals surface area (Å²) in [5.41, 5.74) is 0.794. The molecule has 0 aromatic heterocycles. The van der Waals surface area contributed by atoms with E-state index in [1.165, 1.54) is 70.5 Å². The van der Waals surface area contributed by atoms with Crippen LogP contribution in [0.4, 0.5) is 4.39 Å². The summed E-state index contributed by atoms with van der Waals surface area (Å²) in [4.78, 5) is 10.5. The molecule has 3 aliphatic rings. The number of hydrogen-bond donors (Lipinski definition) is 2. The molecule has 3 fully saturated rings. The maximum Gasteiger partial charge on any atom is 0.142 e. The van der Waals surface area contributed by atoms with Gasteiger partial charge in [0.05, 0.1) is 17.2 Å². The van der Waals surface area contributed by atoms with Gasteiger partial charge in [-0.3, -0.25) is 0 Å². The Morgan fingerprint density at radius 1 is 1.00 bits per heavy atom. The second kappa shape index (κ2) is 15.8. The van der Waals surface area contributed by atoms with Crippen LogP contribution in [0.25, 0.3) is 0 Å². The average molecular weight is 470 g/mol. The molecule has 6 heteroatoms. The van der Waals surface area contributed by atoms with Gasteiger partial charge in [-0.1, -0.05) is 43.4 Å². The van der Waals surface area contributed by atoms with Crippen molar-refractivity contribution in [1.82, 2.24) is 5.32 Å². The molecule has 2 atom stereocenters. The van der Waals surface area contributed by atoms with Crippen molar-refractivity contribution in [3.8, 4) is 0 Å². The molecule has 1 aliphatic heterocycles. The van der Waals surface area contributed by atoms with Gasteiger partial charge < -0.3 is 20.0 Å². The van der Waals surface area contributed by atoms with Crippen molar-refractivity contribution in [3.05, 3.63) is 34.6 Å². The molecule has 182 valence electrons. The van der Waals surface area contributed by atoms with Gasteiger partial charge in [-0.05, 0) is 87.6 Å². The van der Waals surface area contributed by atoms with Gasteiger partial charge in [0.25, 0.3) is 0 Å². The molecule has 0 radical (unpaired) electrons. The first-order valence-corrected chi connectivity index (χ1v) is 12.7. The fraction of sp³-hybridized carbons (Fsp3) is 0.731. The SMILES string of the molecule is C1CCC(CNCC2CCCC2)C1.CO.O=CCC1CCCC(c2ccc(Cl)c(F)c2)O1. The van der Waals surface area contributed by atoms with E-state index < -0.39 is 5.82 Å². The molecule has 4 nitrogen and oxygen atoms in total. The van der Waals surface area contributed by atoms with Gasteiger partial charge >= 0.3 is 0 Å². The van der Waals surface area contributed by atoms with Crippen LogP contribution in [0.5, 0.6) is 0 Å². The number of aliphatic hydroxyl groups is 1. The zero-order valence-electron chi connectivity index (χ0n) is 19.5. The Morgan fingerprint density at radius 3 is 2.12 bits per heavy atom. The van der Waals surface area contributed by atoms with Crippen LogP contribution in [0.3, 0.4) is 0 Å². The fourth-order valence-corrected chi connectivity index (χ4v) is 5.18. The molecule has 1 heterocycles. The lowest BCUT2D eigenvalue weighted by Crippen LogP contribution is -2.26. The predicted molar refractivity (Wildman–Crippen MR) is 128 cm³/mol. The van der Waals surface area contributed by atoms with E-state index in [0.29, 0.717) is 6.42 Å². The third-order valence-electron chi connectivity index (χ3n) is 6.84. The lowest BCUT2D eigenvalue weighted by Gasteiger charge is -2.29. The summed E-state index contributed by atoms with van der Waals surface area (Å²) in [6.45, 7) is 2.60. The lowest BCUT2D eigenvalue weighted by molar-refractivity contribution is -0.114. The number of benzene rings is 1. The fourth-order valence-electron chi connectivity index (χ4n) is 5.06. The van der Waals surface area contributed by atoms with Crippen LogP contribution in [0.15, 0.2) is 18.2 Å². The predicted octanol–water partition coefficient (Wildman–Crippen LogP) is 6.24. The number of carbonyl (C=O) groups excluding carboxylic acids is 1. The molecule has 0 amide bonds. The summed E-state index contributed by atoms with van der Waals surface area (Å²) < 4.78 is 19.1. The van der Waals surface area contributed by atoms with Gasteiger partial charge in [0.2, 0.25) is 0 Å². The summed E-state index contributed by atoms with van der Waals surface area (Å²) in [5.74, 6) is 1.60. The van der Waals surface area contributed by atoms with Crippen LogP contribution in [0.1, 0.15) is 88.7 Å². The molecule has 0 spiro atoms. The van der Waals surface area contributed by atoms with E-state index in [9.17, 15) is 9.18 Å². The maximum atomic E-state index is 13.3. The van der Waals surface area contributed by atoms with Gasteiger partial charge in [0.1, 0.15) is 12.1 Å². The Balaban J connectivity index is 0.000000217. The van der Waals surface area contributed by atoms with Crippen LogP contribution in [-0.2, 0) is 9.53 Å². The summed E-state index contributed by atoms with van der Waals surface area (Å²) in [7, 11) is 1.00. The standard InChI is InChI=1S/C13H14ClFO2.C12H23N.CH4O/c14-11-5-4-9(8-12(11)15)13-3-1-2-10(17-13)6-7-16;1-2-6-11(5-1)9-13-10-12-7-3-4-8-12;1-2/h4-5,7-8,10,13H,1-3,6H2;11-13H,1-10H2;2H,1H3. The molecule has 1 aromatic rings. The highest BCUT2D eigenvalue weighted by atomic mass is 35.5. The highest BCUT2D eigenvalue weighted by Crippen LogP contribution is 2.33. The zero-order valence-corrected chi connectivity index (χ0v) is 20.3. The Hall–Kier alpha value is -1.01. The first kappa shape index (κ1) is 27.2. The van der Waals surface area contributed by atoms with E-state index in [4.69, 9.17) is 21.4 Å². The highest BCUT2D eigenvalue weighted by molar-refractivity contribution is 6.30. The Bertz CT molecular complexity index is 632. The molecule has 0 bridgehead atoms. The molecule has 2 N–H and O–H groups in total. The Kier molecular flexibility index (Phi) is 13.4. The number of carbonyl (C=O) groups is 1. The normalized spacial score (nSPS) is 23.8. The monoisotopic (exact) mass is 469 g/mol. The summed E-state index contributed by atoms with van der Waals surface area (Å²) in [5, 5.41) is 10.8. The maximum absolute atomic E-state index is 13.3. The Morgan fingerprint density at radius 2 is 1.59 bits per heavy atom. The molecular formula is C26H41ClFNO3. The Labute approximate surface area is 198 Å². The third kappa shape index (κ3) is 9.46. The number of ether oxygens (including phenoxy) is 1. The van der Waals surface area contributed by atoms with E-state index in [1.807, 2.05) is 0 Å². The van der Waals surface area contributed by atoms with Gasteiger partial charge in [-0.15, -0.1) is 0 Å². The molecule has 2 saturated carbocycles. The number of aldehydes is 1. The van der Waals surface area contributed by atoms with Crippen LogP contribution < -0.4 is 5.32 Å². The molecule has 32 heavy (non-hydrogen) atoms. The minimum Gasteiger partial charge on any atom is -0.400 e. The van der Waals surface area contributed by atoms with Crippen LogP contribution in [0, 0.1) is 17.7 Å². The van der Waals surface area contributed by atoms with Gasteiger partial charge in [0.15, 0.2) is 0 Å². The number of halogens is 2. The smallest absolute Gasteiger partial charge is 0.142 e. The van der Waals surface area contributed by atoms with Crippen LogP contribution in [-0.4, -0.2) is 37.7 Å². The molecular weight excluding hydrogens is 429 g/mol. The second-order valence-corrected chi connectivity index (χ2v) is 9.62.